The molecule has 136 valence electrons. The first-order chi connectivity index (χ1) is 13.3. The average molecular weight is 355 g/mol. The van der Waals surface area contributed by atoms with Gasteiger partial charge in [0.2, 0.25) is 0 Å². The van der Waals surface area contributed by atoms with Crippen molar-refractivity contribution in [3.8, 4) is 5.75 Å². The molecule has 0 aliphatic carbocycles. The predicted octanol–water partition coefficient (Wildman–Crippen LogP) is 5.87. The number of aromatic nitrogens is 1. The largest absolute Gasteiger partial charge is 0.487 e. The molecule has 0 N–H and O–H groups in total. The molecule has 4 rings (SSSR count). The zero-order valence-electron chi connectivity index (χ0n) is 15.8. The van der Waals surface area contributed by atoms with Gasteiger partial charge in [-0.3, -0.25) is 0 Å². The molecule has 2 nitrogen and oxygen atoms in total. The molecule has 2 heteroatoms. The lowest BCUT2D eigenvalue weighted by Crippen LogP contribution is -2.01. The molecule has 2 heterocycles. The smallest absolute Gasteiger partial charge is 0.143 e. The molecule has 27 heavy (non-hydrogen) atoms. The van der Waals surface area contributed by atoms with Crippen molar-refractivity contribution in [2.45, 2.75) is 32.8 Å². The van der Waals surface area contributed by atoms with Gasteiger partial charge in [0.1, 0.15) is 12.4 Å². The van der Waals surface area contributed by atoms with E-state index in [1.54, 1.807) is 0 Å². The van der Waals surface area contributed by atoms with Crippen molar-refractivity contribution in [1.82, 2.24) is 4.40 Å². The summed E-state index contributed by atoms with van der Waals surface area (Å²) in [4.78, 5) is 0. The van der Waals surface area contributed by atoms with E-state index in [0.717, 1.165) is 30.5 Å². The third-order valence-corrected chi connectivity index (χ3v) is 5.08. The average Bonchev–Trinajstić information content (AvgIpc) is 3.10. The Morgan fingerprint density at radius 1 is 0.778 bits per heavy atom. The lowest BCUT2D eigenvalue weighted by Gasteiger charge is -2.10. The van der Waals surface area contributed by atoms with Crippen LogP contribution >= 0.6 is 0 Å². The first-order valence-electron chi connectivity index (χ1n) is 9.67. The van der Waals surface area contributed by atoms with Crippen LogP contribution in [-0.4, -0.2) is 4.40 Å². The lowest BCUT2D eigenvalue weighted by atomic mass is 10.1. The van der Waals surface area contributed by atoms with Crippen LogP contribution in [0.3, 0.4) is 0 Å². The zero-order valence-corrected chi connectivity index (χ0v) is 15.8. The molecule has 0 radical (unpaired) electrons. The maximum atomic E-state index is 6.16. The highest BCUT2D eigenvalue weighted by Gasteiger charge is 2.12. The highest BCUT2D eigenvalue weighted by molar-refractivity contribution is 5.64. The molecule has 2 aromatic carbocycles. The van der Waals surface area contributed by atoms with Gasteiger partial charge in [-0.2, -0.15) is 0 Å². The van der Waals surface area contributed by atoms with Gasteiger partial charge in [-0.05, 0) is 54.2 Å². The Kier molecular flexibility index (Phi) is 5.24. The molecular weight excluding hydrogens is 330 g/mol. The molecule has 0 amide bonds. The maximum absolute atomic E-state index is 6.16. The molecule has 2 aromatic heterocycles. The Hall–Kier alpha value is -3.00. The number of pyridine rings is 1. The van der Waals surface area contributed by atoms with Gasteiger partial charge in [-0.1, -0.05) is 67.6 Å². The molecule has 0 atom stereocenters. The number of ether oxygens (including phenoxy) is 1. The number of nitrogens with zero attached hydrogens (tertiary/aromatic N) is 1. The molecule has 0 bridgehead atoms. The van der Waals surface area contributed by atoms with Crippen molar-refractivity contribution in [2.24, 2.45) is 0 Å². The van der Waals surface area contributed by atoms with Crippen molar-refractivity contribution in [3.05, 3.63) is 107 Å². The molecule has 0 spiro atoms. The minimum Gasteiger partial charge on any atom is -0.487 e. The van der Waals surface area contributed by atoms with Crippen LogP contribution in [0, 0.1) is 0 Å². The fourth-order valence-electron chi connectivity index (χ4n) is 3.63. The molecule has 0 saturated carbocycles. The number of benzene rings is 2. The van der Waals surface area contributed by atoms with Crippen LogP contribution in [0.1, 0.15) is 29.3 Å². The monoisotopic (exact) mass is 355 g/mol. The molecule has 0 aliphatic rings. The fourth-order valence-corrected chi connectivity index (χ4v) is 3.63. The van der Waals surface area contributed by atoms with Gasteiger partial charge in [-0.15, -0.1) is 0 Å². The highest BCUT2D eigenvalue weighted by atomic mass is 16.5. The predicted molar refractivity (Wildman–Crippen MR) is 111 cm³/mol. The summed E-state index contributed by atoms with van der Waals surface area (Å²) in [7, 11) is 0. The van der Waals surface area contributed by atoms with Crippen molar-refractivity contribution in [3.63, 3.8) is 0 Å². The van der Waals surface area contributed by atoms with Crippen molar-refractivity contribution >= 4 is 5.52 Å². The van der Waals surface area contributed by atoms with E-state index in [1.165, 1.54) is 22.4 Å². The molecule has 0 fully saturated rings. The van der Waals surface area contributed by atoms with E-state index in [0.29, 0.717) is 6.61 Å². The third-order valence-electron chi connectivity index (χ3n) is 5.08. The van der Waals surface area contributed by atoms with Crippen LogP contribution in [0.15, 0.2) is 85.1 Å². The van der Waals surface area contributed by atoms with Crippen molar-refractivity contribution in [2.75, 3.05) is 0 Å². The second kappa shape index (κ2) is 8.13. The quantitative estimate of drug-likeness (QED) is 0.404. The SMILES string of the molecule is CCc1cc2c(OCc3ccccc3)cccn2c1CCc1ccccc1. The number of fused-ring (bicyclic) bond motifs is 1. The van der Waals surface area contributed by atoms with Gasteiger partial charge in [0, 0.05) is 11.9 Å². The van der Waals surface area contributed by atoms with Gasteiger partial charge in [0.25, 0.3) is 0 Å². The lowest BCUT2D eigenvalue weighted by molar-refractivity contribution is 0.309. The van der Waals surface area contributed by atoms with E-state index in [1.807, 2.05) is 18.2 Å². The topological polar surface area (TPSA) is 13.6 Å². The third kappa shape index (κ3) is 3.90. The number of hydrogen-bond donors (Lipinski definition) is 0. The minimum absolute atomic E-state index is 0.590. The summed E-state index contributed by atoms with van der Waals surface area (Å²) in [6.45, 7) is 2.82. The Bertz CT molecular complexity index is 1000. The van der Waals surface area contributed by atoms with Crippen LogP contribution < -0.4 is 4.74 Å². The van der Waals surface area contributed by atoms with E-state index in [2.05, 4.69) is 78.2 Å². The number of hydrogen-bond acceptors (Lipinski definition) is 1. The van der Waals surface area contributed by atoms with Gasteiger partial charge >= 0.3 is 0 Å². The number of rotatable bonds is 7. The fraction of sp³-hybridized carbons (Fsp3) is 0.200. The van der Waals surface area contributed by atoms with Crippen molar-refractivity contribution in [1.29, 1.82) is 0 Å². The van der Waals surface area contributed by atoms with Crippen molar-refractivity contribution < 1.29 is 4.74 Å². The first-order valence-corrected chi connectivity index (χ1v) is 9.67. The number of aryl methyl sites for hydroxylation is 3. The van der Waals surface area contributed by atoms with E-state index in [9.17, 15) is 0 Å². The standard InChI is InChI=1S/C25H25NO/c1-2-22-18-24-25(27-19-21-12-7-4-8-13-21)14-9-17-26(24)23(22)16-15-20-10-5-3-6-11-20/h3-14,17-18H,2,15-16,19H2,1H3. The van der Waals surface area contributed by atoms with E-state index >= 15 is 0 Å². The highest BCUT2D eigenvalue weighted by Crippen LogP contribution is 2.27. The Morgan fingerprint density at radius 2 is 1.48 bits per heavy atom. The molecule has 0 unspecified atom stereocenters. The Morgan fingerprint density at radius 3 is 2.19 bits per heavy atom. The molecule has 0 saturated heterocycles. The van der Waals surface area contributed by atoms with Gasteiger partial charge in [0.05, 0.1) is 5.52 Å². The molecule has 0 aliphatic heterocycles. The van der Waals surface area contributed by atoms with Crippen LogP contribution in [0.25, 0.3) is 5.52 Å². The second-order valence-corrected chi connectivity index (χ2v) is 6.86. The summed E-state index contributed by atoms with van der Waals surface area (Å²) < 4.78 is 8.47. The van der Waals surface area contributed by atoms with Crippen LogP contribution in [-0.2, 0) is 25.9 Å². The van der Waals surface area contributed by atoms with E-state index < -0.39 is 0 Å². The van der Waals surface area contributed by atoms with Crippen LogP contribution in [0.2, 0.25) is 0 Å². The summed E-state index contributed by atoms with van der Waals surface area (Å²) >= 11 is 0. The summed E-state index contributed by atoms with van der Waals surface area (Å²) in [6.07, 6.45) is 5.27. The van der Waals surface area contributed by atoms with Gasteiger partial charge < -0.3 is 9.14 Å². The minimum atomic E-state index is 0.590. The first kappa shape index (κ1) is 17.4. The Balaban J connectivity index is 1.60. The molecule has 4 aromatic rings. The summed E-state index contributed by atoms with van der Waals surface area (Å²) in [6, 6.07) is 27.5. The van der Waals surface area contributed by atoms with Gasteiger partial charge in [-0.25, -0.2) is 0 Å². The normalized spacial score (nSPS) is 11.0. The Labute approximate surface area is 161 Å². The summed E-state index contributed by atoms with van der Waals surface area (Å²) in [5, 5.41) is 0. The van der Waals surface area contributed by atoms with Crippen LogP contribution in [0.5, 0.6) is 5.75 Å². The summed E-state index contributed by atoms with van der Waals surface area (Å²) in [5.74, 6) is 0.946. The summed E-state index contributed by atoms with van der Waals surface area (Å²) in [5.41, 5.74) is 6.52. The molecular formula is C25H25NO. The zero-order chi connectivity index (χ0) is 18.5. The second-order valence-electron chi connectivity index (χ2n) is 6.86. The van der Waals surface area contributed by atoms with E-state index in [4.69, 9.17) is 4.74 Å². The van der Waals surface area contributed by atoms with Gasteiger partial charge in [0.15, 0.2) is 0 Å². The van der Waals surface area contributed by atoms with E-state index in [-0.39, 0.29) is 0 Å². The van der Waals surface area contributed by atoms with Crippen LogP contribution in [0.4, 0.5) is 0 Å². The maximum Gasteiger partial charge on any atom is 0.143 e.